The quantitative estimate of drug-likeness (QED) is 0.473. The standard InChI is InChI=1S/C24H18ClN5O/c25-17-2-3-18-15(8-17)11-29-20(22(18)16-9-27-14-28-10-16)13-30-21-12-26-7-4-19(21)24(23(30)31)5-1-6-24/h2-4,7-12,14H,1,5-6,13H2. The molecule has 1 aliphatic carbocycles. The molecule has 2 aliphatic rings. The van der Waals surface area contributed by atoms with E-state index >= 15 is 0 Å². The van der Waals surface area contributed by atoms with E-state index < -0.39 is 5.41 Å². The largest absolute Gasteiger partial charge is 0.304 e. The minimum atomic E-state index is -0.390. The molecule has 1 amide bonds. The summed E-state index contributed by atoms with van der Waals surface area (Å²) in [5.41, 5.74) is 4.16. The number of amides is 1. The van der Waals surface area contributed by atoms with Gasteiger partial charge in [0.05, 0.1) is 29.5 Å². The van der Waals surface area contributed by atoms with Crippen LogP contribution in [0.4, 0.5) is 5.69 Å². The molecule has 3 aromatic heterocycles. The molecular weight excluding hydrogens is 410 g/mol. The maximum atomic E-state index is 13.6. The maximum Gasteiger partial charge on any atom is 0.238 e. The summed E-state index contributed by atoms with van der Waals surface area (Å²) in [7, 11) is 0. The van der Waals surface area contributed by atoms with Crippen molar-refractivity contribution in [1.82, 2.24) is 19.9 Å². The van der Waals surface area contributed by atoms with Crippen molar-refractivity contribution >= 4 is 34.0 Å². The fraction of sp³-hybridized carbons (Fsp3) is 0.208. The SMILES string of the molecule is O=C1N(Cc2ncc3cc(Cl)ccc3c2-c2cncnc2)c2cnccc2C12CCC2. The molecule has 1 fully saturated rings. The summed E-state index contributed by atoms with van der Waals surface area (Å²) in [5, 5.41) is 2.58. The molecule has 6 nitrogen and oxygen atoms in total. The highest BCUT2D eigenvalue weighted by atomic mass is 35.5. The predicted octanol–water partition coefficient (Wildman–Crippen LogP) is 4.71. The van der Waals surface area contributed by atoms with Gasteiger partial charge in [-0.2, -0.15) is 0 Å². The summed E-state index contributed by atoms with van der Waals surface area (Å²) in [6.07, 6.45) is 13.3. The average molecular weight is 428 g/mol. The van der Waals surface area contributed by atoms with Gasteiger partial charge in [0.2, 0.25) is 5.91 Å². The number of benzene rings is 1. The van der Waals surface area contributed by atoms with Crippen molar-refractivity contribution in [3.05, 3.63) is 77.9 Å². The van der Waals surface area contributed by atoms with Gasteiger partial charge < -0.3 is 4.90 Å². The molecule has 0 atom stereocenters. The number of hydrogen-bond acceptors (Lipinski definition) is 5. The first-order chi connectivity index (χ1) is 15.2. The second-order valence-corrected chi connectivity index (χ2v) is 8.59. The number of hydrogen-bond donors (Lipinski definition) is 0. The Morgan fingerprint density at radius 1 is 1.03 bits per heavy atom. The molecule has 7 heteroatoms. The first-order valence-electron chi connectivity index (χ1n) is 10.3. The molecule has 1 spiro atoms. The topological polar surface area (TPSA) is 71.9 Å². The van der Waals surface area contributed by atoms with Gasteiger partial charge >= 0.3 is 0 Å². The molecule has 4 aromatic rings. The molecule has 1 aliphatic heterocycles. The van der Waals surface area contributed by atoms with Crippen LogP contribution in [0.3, 0.4) is 0 Å². The monoisotopic (exact) mass is 427 g/mol. The molecule has 31 heavy (non-hydrogen) atoms. The molecule has 0 N–H and O–H groups in total. The maximum absolute atomic E-state index is 13.6. The normalized spacial score (nSPS) is 16.5. The first kappa shape index (κ1) is 18.4. The fourth-order valence-corrected chi connectivity index (χ4v) is 5.10. The summed E-state index contributed by atoms with van der Waals surface area (Å²) in [6.45, 7) is 0.363. The van der Waals surface area contributed by atoms with Gasteiger partial charge in [-0.15, -0.1) is 0 Å². The minimum Gasteiger partial charge on any atom is -0.304 e. The van der Waals surface area contributed by atoms with E-state index in [4.69, 9.17) is 16.6 Å². The average Bonchev–Trinajstić information content (AvgIpc) is 3.02. The smallest absolute Gasteiger partial charge is 0.238 e. The molecule has 1 saturated carbocycles. The highest BCUT2D eigenvalue weighted by Gasteiger charge is 2.54. The third-order valence-electron chi connectivity index (χ3n) is 6.56. The van der Waals surface area contributed by atoms with Crippen molar-refractivity contribution in [1.29, 1.82) is 0 Å². The number of anilines is 1. The second kappa shape index (κ2) is 6.82. The lowest BCUT2D eigenvalue weighted by atomic mass is 9.65. The van der Waals surface area contributed by atoms with Crippen molar-refractivity contribution in [2.75, 3.05) is 4.90 Å². The van der Waals surface area contributed by atoms with Crippen molar-refractivity contribution in [3.8, 4) is 11.1 Å². The van der Waals surface area contributed by atoms with Crippen LogP contribution in [0.2, 0.25) is 5.02 Å². The summed E-state index contributed by atoms with van der Waals surface area (Å²) < 4.78 is 0. The van der Waals surface area contributed by atoms with Gasteiger partial charge in [0, 0.05) is 46.3 Å². The van der Waals surface area contributed by atoms with Crippen LogP contribution >= 0.6 is 11.6 Å². The molecule has 6 rings (SSSR count). The van der Waals surface area contributed by atoms with E-state index in [-0.39, 0.29) is 5.91 Å². The van der Waals surface area contributed by atoms with Crippen molar-refractivity contribution in [2.45, 2.75) is 31.2 Å². The van der Waals surface area contributed by atoms with Gasteiger partial charge in [-0.25, -0.2) is 9.97 Å². The summed E-state index contributed by atoms with van der Waals surface area (Å²) >= 11 is 6.21. The summed E-state index contributed by atoms with van der Waals surface area (Å²) in [5.74, 6) is 0.148. The third-order valence-corrected chi connectivity index (χ3v) is 6.79. The lowest BCUT2D eigenvalue weighted by Gasteiger charge is -2.37. The van der Waals surface area contributed by atoms with E-state index in [1.54, 1.807) is 24.8 Å². The lowest BCUT2D eigenvalue weighted by Crippen LogP contribution is -2.45. The van der Waals surface area contributed by atoms with Crippen molar-refractivity contribution in [3.63, 3.8) is 0 Å². The number of halogens is 1. The number of rotatable bonds is 3. The Morgan fingerprint density at radius 2 is 1.87 bits per heavy atom. The number of carbonyl (C=O) groups excluding carboxylic acids is 1. The molecule has 0 radical (unpaired) electrons. The van der Waals surface area contributed by atoms with Crippen LogP contribution in [0, 0.1) is 0 Å². The van der Waals surface area contributed by atoms with Gasteiger partial charge in [0.15, 0.2) is 0 Å². The lowest BCUT2D eigenvalue weighted by molar-refractivity contribution is -0.126. The van der Waals surface area contributed by atoms with E-state index in [2.05, 4.69) is 15.0 Å². The van der Waals surface area contributed by atoms with E-state index in [1.165, 1.54) is 6.33 Å². The van der Waals surface area contributed by atoms with Gasteiger partial charge in [-0.1, -0.05) is 24.1 Å². The summed E-state index contributed by atoms with van der Waals surface area (Å²) in [4.78, 5) is 32.9. The van der Waals surface area contributed by atoms with Crippen LogP contribution in [0.5, 0.6) is 0 Å². The number of aromatic nitrogens is 4. The highest BCUT2D eigenvalue weighted by molar-refractivity contribution is 6.31. The molecule has 0 saturated heterocycles. The molecule has 152 valence electrons. The van der Waals surface area contributed by atoms with Crippen LogP contribution in [-0.2, 0) is 16.8 Å². The van der Waals surface area contributed by atoms with E-state index in [0.717, 1.165) is 58.1 Å². The van der Waals surface area contributed by atoms with E-state index in [9.17, 15) is 4.79 Å². The highest BCUT2D eigenvalue weighted by Crippen LogP contribution is 2.53. The molecule has 4 heterocycles. The van der Waals surface area contributed by atoms with Crippen LogP contribution in [0.1, 0.15) is 30.5 Å². The predicted molar refractivity (Wildman–Crippen MR) is 119 cm³/mol. The second-order valence-electron chi connectivity index (χ2n) is 8.16. The van der Waals surface area contributed by atoms with Gasteiger partial charge in [0.25, 0.3) is 0 Å². The van der Waals surface area contributed by atoms with E-state index in [0.29, 0.717) is 11.6 Å². The van der Waals surface area contributed by atoms with Crippen LogP contribution in [-0.4, -0.2) is 25.8 Å². The van der Waals surface area contributed by atoms with Gasteiger partial charge in [-0.3, -0.25) is 14.8 Å². The zero-order valence-electron chi connectivity index (χ0n) is 16.6. The minimum absolute atomic E-state index is 0.148. The van der Waals surface area contributed by atoms with Crippen LogP contribution < -0.4 is 4.90 Å². The Hall–Kier alpha value is -3.38. The van der Waals surface area contributed by atoms with E-state index in [1.807, 2.05) is 35.4 Å². The number of fused-ring (bicyclic) bond motifs is 3. The molecule has 1 aromatic carbocycles. The van der Waals surface area contributed by atoms with Crippen LogP contribution in [0.15, 0.2) is 61.6 Å². The molecule has 0 bridgehead atoms. The number of carbonyl (C=O) groups is 1. The first-order valence-corrected chi connectivity index (χ1v) is 10.6. The third kappa shape index (κ3) is 2.68. The Balaban J connectivity index is 1.52. The Morgan fingerprint density at radius 3 is 2.65 bits per heavy atom. The fourth-order valence-electron chi connectivity index (χ4n) is 4.91. The summed E-state index contributed by atoms with van der Waals surface area (Å²) in [6, 6.07) is 7.74. The number of nitrogens with zero attached hydrogens (tertiary/aromatic N) is 5. The van der Waals surface area contributed by atoms with Crippen LogP contribution in [0.25, 0.3) is 21.9 Å². The van der Waals surface area contributed by atoms with Gasteiger partial charge in [0.1, 0.15) is 6.33 Å². The van der Waals surface area contributed by atoms with Crippen molar-refractivity contribution < 1.29 is 4.79 Å². The zero-order valence-corrected chi connectivity index (χ0v) is 17.4. The molecule has 0 unspecified atom stereocenters. The Kier molecular flexibility index (Phi) is 4.05. The van der Waals surface area contributed by atoms with Crippen molar-refractivity contribution in [2.24, 2.45) is 0 Å². The van der Waals surface area contributed by atoms with Gasteiger partial charge in [-0.05, 0) is 42.0 Å². The zero-order chi connectivity index (χ0) is 21.0. The Bertz CT molecular complexity index is 1340. The number of pyridine rings is 2. The molecular formula is C24H18ClN5O. The Labute approximate surface area is 184 Å².